The summed E-state index contributed by atoms with van der Waals surface area (Å²) in [6.45, 7) is -0.425. The SMILES string of the molecule is NC(=O)c1nc[n+](C2OC(CO)C(O)C2O)[nH]1. The summed E-state index contributed by atoms with van der Waals surface area (Å²) in [6, 6.07) is 0. The van der Waals surface area contributed by atoms with Gasteiger partial charge in [-0.15, -0.1) is 4.68 Å². The molecule has 1 amide bonds. The molecule has 1 aliphatic heterocycles. The van der Waals surface area contributed by atoms with E-state index in [-0.39, 0.29) is 5.82 Å². The predicted molar refractivity (Wildman–Crippen MR) is 50.3 cm³/mol. The number of carbonyl (C=O) groups is 1. The van der Waals surface area contributed by atoms with E-state index in [2.05, 4.69) is 10.1 Å². The second-order valence-electron chi connectivity index (χ2n) is 3.71. The van der Waals surface area contributed by atoms with Crippen LogP contribution in [0.1, 0.15) is 16.8 Å². The van der Waals surface area contributed by atoms with Gasteiger partial charge >= 0.3 is 18.1 Å². The number of carbonyl (C=O) groups excluding carboxylic acids is 1. The highest BCUT2D eigenvalue weighted by atomic mass is 16.6. The van der Waals surface area contributed by atoms with Crippen molar-refractivity contribution in [1.29, 1.82) is 0 Å². The van der Waals surface area contributed by atoms with E-state index in [1.165, 1.54) is 11.0 Å². The summed E-state index contributed by atoms with van der Waals surface area (Å²) < 4.78 is 6.40. The van der Waals surface area contributed by atoms with Crippen LogP contribution < -0.4 is 10.4 Å². The lowest BCUT2D eigenvalue weighted by Crippen LogP contribution is -2.47. The van der Waals surface area contributed by atoms with Crippen LogP contribution in [-0.4, -0.2) is 56.2 Å². The first-order valence-electron chi connectivity index (χ1n) is 4.93. The molecular formula is C8H13N4O5+. The van der Waals surface area contributed by atoms with Gasteiger partial charge in [0.05, 0.1) is 6.61 Å². The Morgan fingerprint density at radius 1 is 1.59 bits per heavy atom. The summed E-state index contributed by atoms with van der Waals surface area (Å²) in [4.78, 5) is 14.5. The fourth-order valence-corrected chi connectivity index (χ4v) is 1.66. The van der Waals surface area contributed by atoms with Gasteiger partial charge in [0.25, 0.3) is 6.23 Å². The molecule has 1 aromatic heterocycles. The molecule has 1 aliphatic rings. The van der Waals surface area contributed by atoms with Crippen LogP contribution in [0.5, 0.6) is 0 Å². The number of nitrogens with zero attached hydrogens (tertiary/aromatic N) is 2. The van der Waals surface area contributed by atoms with Crippen LogP contribution in [0.15, 0.2) is 6.33 Å². The number of rotatable bonds is 3. The third-order valence-corrected chi connectivity index (χ3v) is 2.57. The summed E-state index contributed by atoms with van der Waals surface area (Å²) in [5.41, 5.74) is 5.00. The Morgan fingerprint density at radius 3 is 2.76 bits per heavy atom. The van der Waals surface area contributed by atoms with Gasteiger partial charge in [-0.1, -0.05) is 0 Å². The number of nitrogens with one attached hydrogen (secondary N) is 1. The van der Waals surface area contributed by atoms with Gasteiger partial charge in [0.1, 0.15) is 12.2 Å². The summed E-state index contributed by atoms with van der Waals surface area (Å²) in [6.07, 6.45) is -3.08. The van der Waals surface area contributed by atoms with Crippen LogP contribution in [0.2, 0.25) is 0 Å². The number of H-pyrrole nitrogens is 1. The molecule has 17 heavy (non-hydrogen) atoms. The smallest absolute Gasteiger partial charge is 0.340 e. The van der Waals surface area contributed by atoms with Crippen LogP contribution in [0.25, 0.3) is 0 Å². The average Bonchev–Trinajstić information content (AvgIpc) is 2.87. The highest BCUT2D eigenvalue weighted by molar-refractivity contribution is 5.88. The Labute approximate surface area is 95.4 Å². The summed E-state index contributed by atoms with van der Waals surface area (Å²) in [5, 5.41) is 30.6. The van der Waals surface area contributed by atoms with Crippen LogP contribution >= 0.6 is 0 Å². The lowest BCUT2D eigenvalue weighted by molar-refractivity contribution is -0.812. The number of hydrogen-bond donors (Lipinski definition) is 5. The molecule has 0 aliphatic carbocycles. The summed E-state index contributed by atoms with van der Waals surface area (Å²) in [7, 11) is 0. The van der Waals surface area contributed by atoms with Crippen molar-refractivity contribution in [2.45, 2.75) is 24.5 Å². The normalized spacial score (nSPS) is 32.9. The number of aromatic nitrogens is 3. The Balaban J connectivity index is 2.19. The van der Waals surface area contributed by atoms with Crippen LogP contribution in [-0.2, 0) is 4.74 Å². The van der Waals surface area contributed by atoms with Crippen molar-refractivity contribution in [3.05, 3.63) is 12.2 Å². The van der Waals surface area contributed by atoms with E-state index in [1.54, 1.807) is 0 Å². The van der Waals surface area contributed by atoms with Gasteiger partial charge in [-0.25, -0.2) is 0 Å². The van der Waals surface area contributed by atoms with Crippen LogP contribution in [0.4, 0.5) is 0 Å². The molecule has 9 heteroatoms. The molecule has 4 unspecified atom stereocenters. The van der Waals surface area contributed by atoms with Crippen molar-refractivity contribution in [2.75, 3.05) is 6.61 Å². The number of hydrogen-bond acceptors (Lipinski definition) is 6. The second-order valence-corrected chi connectivity index (χ2v) is 3.71. The standard InChI is InChI=1S/C8H12N4O5/c9-6(16)7-10-2-12(11-7)8-5(15)4(14)3(1-13)17-8/h2-5,8,13-15H,1H2,(H2,9,16)/p+1. The van der Waals surface area contributed by atoms with Gasteiger partial charge in [0.15, 0.2) is 6.10 Å². The molecule has 0 saturated carbocycles. The number of aliphatic hydroxyl groups excluding tert-OH is 3. The first kappa shape index (κ1) is 11.9. The molecule has 6 N–H and O–H groups in total. The van der Waals surface area contributed by atoms with Crippen molar-refractivity contribution in [3.63, 3.8) is 0 Å². The largest absolute Gasteiger partial charge is 0.394 e. The van der Waals surface area contributed by atoms with Gasteiger partial charge in [-0.05, 0) is 4.98 Å². The monoisotopic (exact) mass is 245 g/mol. The third kappa shape index (κ3) is 2.00. The molecule has 1 aromatic rings. The van der Waals surface area contributed by atoms with E-state index in [0.29, 0.717) is 0 Å². The molecule has 1 saturated heterocycles. The van der Waals surface area contributed by atoms with Crippen molar-refractivity contribution < 1.29 is 29.5 Å². The minimum absolute atomic E-state index is 0.0947. The molecule has 0 spiro atoms. The molecule has 94 valence electrons. The van der Waals surface area contributed by atoms with E-state index >= 15 is 0 Å². The highest BCUT2D eigenvalue weighted by Gasteiger charge is 2.46. The maximum absolute atomic E-state index is 10.8. The lowest BCUT2D eigenvalue weighted by atomic mass is 10.1. The van der Waals surface area contributed by atoms with Crippen LogP contribution in [0.3, 0.4) is 0 Å². The number of nitrogens with two attached hydrogens (primary N) is 1. The molecular weight excluding hydrogens is 232 g/mol. The van der Waals surface area contributed by atoms with Crippen molar-refractivity contribution >= 4 is 5.91 Å². The topological polar surface area (TPSA) is 146 Å². The quantitative estimate of drug-likeness (QED) is 0.348. The van der Waals surface area contributed by atoms with E-state index in [1.807, 2.05) is 0 Å². The van der Waals surface area contributed by atoms with Gasteiger partial charge in [0.2, 0.25) is 0 Å². The van der Waals surface area contributed by atoms with Crippen molar-refractivity contribution in [3.8, 4) is 0 Å². The van der Waals surface area contributed by atoms with Gasteiger partial charge in [0, 0.05) is 0 Å². The molecule has 0 bridgehead atoms. The van der Waals surface area contributed by atoms with E-state index in [0.717, 1.165) is 0 Å². The maximum Gasteiger partial charge on any atom is 0.340 e. The zero-order valence-corrected chi connectivity index (χ0v) is 8.72. The molecule has 2 rings (SSSR count). The number of aromatic amines is 1. The fourth-order valence-electron chi connectivity index (χ4n) is 1.66. The Kier molecular flexibility index (Phi) is 3.07. The lowest BCUT2D eigenvalue weighted by Gasteiger charge is -2.09. The van der Waals surface area contributed by atoms with E-state index in [9.17, 15) is 15.0 Å². The first-order chi connectivity index (χ1) is 8.04. The average molecular weight is 245 g/mol. The Hall–Kier alpha value is -1.55. The molecule has 0 aromatic carbocycles. The Bertz CT molecular complexity index is 422. The van der Waals surface area contributed by atoms with E-state index in [4.69, 9.17) is 15.6 Å². The second kappa shape index (κ2) is 4.37. The Morgan fingerprint density at radius 2 is 2.29 bits per heavy atom. The number of amides is 1. The zero-order chi connectivity index (χ0) is 12.6. The minimum atomic E-state index is -1.24. The summed E-state index contributed by atoms with van der Waals surface area (Å²) in [5.74, 6) is -0.849. The highest BCUT2D eigenvalue weighted by Crippen LogP contribution is 2.24. The number of ether oxygens (including phenoxy) is 1. The van der Waals surface area contributed by atoms with Crippen LogP contribution in [0, 0.1) is 0 Å². The molecule has 9 nitrogen and oxygen atoms in total. The van der Waals surface area contributed by atoms with Crippen molar-refractivity contribution in [1.82, 2.24) is 10.1 Å². The van der Waals surface area contributed by atoms with Crippen molar-refractivity contribution in [2.24, 2.45) is 5.73 Å². The van der Waals surface area contributed by atoms with Gasteiger partial charge < -0.3 is 25.8 Å². The third-order valence-electron chi connectivity index (χ3n) is 2.57. The number of primary amides is 1. The molecule has 2 heterocycles. The first-order valence-corrected chi connectivity index (χ1v) is 4.93. The maximum atomic E-state index is 10.8. The molecule has 1 fully saturated rings. The van der Waals surface area contributed by atoms with E-state index < -0.39 is 37.1 Å². The van der Waals surface area contributed by atoms with Gasteiger partial charge in [-0.3, -0.25) is 4.79 Å². The number of aliphatic hydroxyl groups is 3. The minimum Gasteiger partial charge on any atom is -0.394 e. The fraction of sp³-hybridized carbons (Fsp3) is 0.625. The zero-order valence-electron chi connectivity index (χ0n) is 8.72. The summed E-state index contributed by atoms with van der Waals surface area (Å²) >= 11 is 0. The predicted octanol–water partition coefficient (Wildman–Crippen LogP) is -3.59. The van der Waals surface area contributed by atoms with Gasteiger partial charge in [-0.2, -0.15) is 5.10 Å². The molecule has 4 atom stereocenters. The molecule has 0 radical (unpaired) electrons.